The van der Waals surface area contributed by atoms with Crippen LogP contribution in [0.15, 0.2) is 94.3 Å². The van der Waals surface area contributed by atoms with E-state index in [1.807, 2.05) is 66.9 Å². The van der Waals surface area contributed by atoms with E-state index in [0.29, 0.717) is 17.0 Å². The number of nitrogens with zero attached hydrogens (tertiary/aromatic N) is 4. The summed E-state index contributed by atoms with van der Waals surface area (Å²) in [6.45, 7) is 3.84. The van der Waals surface area contributed by atoms with E-state index in [9.17, 15) is 14.9 Å². The third-order valence-electron chi connectivity index (χ3n) is 5.15. The summed E-state index contributed by atoms with van der Waals surface area (Å²) < 4.78 is 1.76. The van der Waals surface area contributed by atoms with E-state index in [0.717, 1.165) is 28.1 Å². The number of benzene rings is 3. The van der Waals surface area contributed by atoms with Gasteiger partial charge in [0.1, 0.15) is 0 Å². The minimum atomic E-state index is -0.420. The fraction of sp³-hybridized carbons (Fsp3) is 0.115. The van der Waals surface area contributed by atoms with Crippen LogP contribution in [0.25, 0.3) is 11.3 Å². The molecule has 0 saturated carbocycles. The average Bonchev–Trinajstić information content (AvgIpc) is 3.25. The molecule has 0 aliphatic rings. The van der Waals surface area contributed by atoms with Crippen LogP contribution in [0.5, 0.6) is 0 Å². The van der Waals surface area contributed by atoms with Crippen molar-refractivity contribution < 1.29 is 9.72 Å². The van der Waals surface area contributed by atoms with Gasteiger partial charge in [-0.1, -0.05) is 42.5 Å². The van der Waals surface area contributed by atoms with Gasteiger partial charge in [-0.05, 0) is 42.3 Å². The van der Waals surface area contributed by atoms with Crippen LogP contribution in [0.2, 0.25) is 0 Å². The van der Waals surface area contributed by atoms with E-state index in [1.54, 1.807) is 16.8 Å². The van der Waals surface area contributed by atoms with Crippen molar-refractivity contribution in [3.05, 3.63) is 110 Å². The maximum Gasteiger partial charge on any atom is 0.269 e. The number of hydrogen-bond donors (Lipinski definition) is 1. The molecule has 0 bridgehead atoms. The first-order chi connectivity index (χ1) is 16.9. The van der Waals surface area contributed by atoms with Crippen LogP contribution in [0, 0.1) is 10.1 Å². The third-order valence-corrected chi connectivity index (χ3v) is 6.00. The molecule has 8 nitrogen and oxygen atoms in total. The number of hydrogen-bond acceptors (Lipinski definition) is 6. The van der Waals surface area contributed by atoms with E-state index in [2.05, 4.69) is 5.32 Å². The molecule has 0 radical (unpaired) electrons. The van der Waals surface area contributed by atoms with Crippen LogP contribution in [-0.4, -0.2) is 21.2 Å². The lowest BCUT2D eigenvalue weighted by Crippen LogP contribution is -2.14. The zero-order chi connectivity index (χ0) is 24.8. The molecular weight excluding hydrogens is 462 g/mol. The average molecular weight is 486 g/mol. The summed E-state index contributed by atoms with van der Waals surface area (Å²) in [5, 5.41) is 20.7. The Morgan fingerprint density at radius 2 is 1.77 bits per heavy atom. The van der Waals surface area contributed by atoms with Gasteiger partial charge in [0.2, 0.25) is 10.7 Å². The Hall–Kier alpha value is -4.37. The fourth-order valence-corrected chi connectivity index (χ4v) is 4.26. The van der Waals surface area contributed by atoms with Gasteiger partial charge in [0, 0.05) is 35.7 Å². The molecule has 1 aromatic heterocycles. The summed E-state index contributed by atoms with van der Waals surface area (Å²) in [6.07, 6.45) is 0. The van der Waals surface area contributed by atoms with Gasteiger partial charge < -0.3 is 5.32 Å². The largest absolute Gasteiger partial charge is 0.326 e. The number of anilines is 1. The van der Waals surface area contributed by atoms with Crippen LogP contribution in [0.3, 0.4) is 0 Å². The lowest BCUT2D eigenvalue weighted by atomic mass is 10.1. The highest BCUT2D eigenvalue weighted by Gasteiger charge is 2.12. The highest BCUT2D eigenvalue weighted by atomic mass is 32.1. The lowest BCUT2D eigenvalue weighted by molar-refractivity contribution is -0.384. The van der Waals surface area contributed by atoms with Crippen LogP contribution in [0.1, 0.15) is 25.0 Å². The van der Waals surface area contributed by atoms with Gasteiger partial charge in [0.15, 0.2) is 0 Å². The number of thiazole rings is 1. The molecule has 176 valence electrons. The Balaban J connectivity index is 1.78. The molecule has 0 aliphatic heterocycles. The second-order valence-corrected chi connectivity index (χ2v) is 8.61. The molecule has 0 aliphatic carbocycles. The smallest absolute Gasteiger partial charge is 0.269 e. The van der Waals surface area contributed by atoms with Gasteiger partial charge in [0.05, 0.1) is 22.9 Å². The normalized spacial score (nSPS) is 11.9. The Morgan fingerprint density at radius 3 is 2.46 bits per heavy atom. The van der Waals surface area contributed by atoms with Crippen molar-refractivity contribution in [3.63, 3.8) is 0 Å². The molecular formula is C26H23N5O3S. The molecule has 1 heterocycles. The quantitative estimate of drug-likeness (QED) is 0.214. The number of non-ortho nitro benzene ring substituents is 1. The lowest BCUT2D eigenvalue weighted by Gasteiger charge is -2.08. The first kappa shape index (κ1) is 23.8. The van der Waals surface area contributed by atoms with E-state index < -0.39 is 4.92 Å². The predicted molar refractivity (Wildman–Crippen MR) is 138 cm³/mol. The molecule has 35 heavy (non-hydrogen) atoms. The zero-order valence-corrected chi connectivity index (χ0v) is 20.0. The molecule has 3 aromatic carbocycles. The van der Waals surface area contributed by atoms with Crippen molar-refractivity contribution in [3.8, 4) is 11.3 Å². The number of aromatic nitrogens is 1. The summed E-state index contributed by atoms with van der Waals surface area (Å²) in [7, 11) is 0. The molecule has 1 amide bonds. The molecule has 4 aromatic rings. The van der Waals surface area contributed by atoms with Crippen molar-refractivity contribution >= 4 is 34.3 Å². The predicted octanol–water partition coefficient (Wildman–Crippen LogP) is 5.46. The number of nitro groups is 1. The molecule has 0 atom stereocenters. The van der Waals surface area contributed by atoms with E-state index in [1.165, 1.54) is 30.4 Å². The SMILES string of the molecule is CC(=O)Nc1cccc(/C(C)=N\n2c(-c3ccc([N+](=O)[O-])cc3)csc2=NCc2ccccc2)c1. The second-order valence-electron chi connectivity index (χ2n) is 7.77. The summed E-state index contributed by atoms with van der Waals surface area (Å²) in [5.41, 5.74) is 4.92. The Bertz CT molecular complexity index is 1450. The number of rotatable bonds is 7. The van der Waals surface area contributed by atoms with Crippen molar-refractivity contribution in [1.82, 2.24) is 4.68 Å². The van der Waals surface area contributed by atoms with Gasteiger partial charge in [-0.3, -0.25) is 19.9 Å². The second kappa shape index (κ2) is 10.7. The molecule has 9 heteroatoms. The van der Waals surface area contributed by atoms with Crippen LogP contribution in [-0.2, 0) is 11.3 Å². The highest BCUT2D eigenvalue weighted by Crippen LogP contribution is 2.24. The number of carbonyl (C=O) groups excluding carboxylic acids is 1. The summed E-state index contributed by atoms with van der Waals surface area (Å²) >= 11 is 1.45. The van der Waals surface area contributed by atoms with Crippen LogP contribution < -0.4 is 10.1 Å². The third kappa shape index (κ3) is 5.96. The number of nitro benzene ring substituents is 1. The molecule has 0 unspecified atom stereocenters. The zero-order valence-electron chi connectivity index (χ0n) is 19.2. The van der Waals surface area contributed by atoms with Crippen LogP contribution in [0.4, 0.5) is 11.4 Å². The molecule has 0 spiro atoms. The van der Waals surface area contributed by atoms with E-state index in [-0.39, 0.29) is 11.6 Å². The topological polar surface area (TPSA) is 102 Å². The minimum Gasteiger partial charge on any atom is -0.326 e. The maximum atomic E-state index is 11.5. The Morgan fingerprint density at radius 1 is 1.03 bits per heavy atom. The monoisotopic (exact) mass is 485 g/mol. The summed E-state index contributed by atoms with van der Waals surface area (Å²) in [5.74, 6) is -0.147. The van der Waals surface area contributed by atoms with Gasteiger partial charge in [-0.2, -0.15) is 5.10 Å². The van der Waals surface area contributed by atoms with Crippen molar-refractivity contribution in [2.75, 3.05) is 5.32 Å². The number of nitrogens with one attached hydrogen (secondary N) is 1. The fourth-order valence-electron chi connectivity index (χ4n) is 3.43. The van der Waals surface area contributed by atoms with E-state index in [4.69, 9.17) is 10.1 Å². The molecule has 4 rings (SSSR count). The minimum absolute atomic E-state index is 0.0268. The van der Waals surface area contributed by atoms with E-state index >= 15 is 0 Å². The van der Waals surface area contributed by atoms with Crippen molar-refractivity contribution in [2.45, 2.75) is 20.4 Å². The first-order valence-corrected chi connectivity index (χ1v) is 11.7. The summed E-state index contributed by atoms with van der Waals surface area (Å²) in [6, 6.07) is 23.8. The van der Waals surface area contributed by atoms with Gasteiger partial charge in [-0.25, -0.2) is 4.68 Å². The van der Waals surface area contributed by atoms with Gasteiger partial charge >= 0.3 is 0 Å². The Labute approximate surface area is 206 Å². The molecule has 0 fully saturated rings. The van der Waals surface area contributed by atoms with Crippen molar-refractivity contribution in [2.24, 2.45) is 10.1 Å². The van der Waals surface area contributed by atoms with Gasteiger partial charge in [0.25, 0.3) is 5.69 Å². The molecule has 0 saturated heterocycles. The highest BCUT2D eigenvalue weighted by molar-refractivity contribution is 7.07. The standard InChI is InChI=1S/C26H23N5O3S/c1-18(22-9-6-10-23(15-22)28-19(2)32)29-30-25(21-11-13-24(14-12-21)31(33)34)17-35-26(30)27-16-20-7-4-3-5-8-20/h3-15,17H,16H2,1-2H3,(H,28,32)/b27-26?,29-18-. The number of carbonyl (C=O) groups is 1. The maximum absolute atomic E-state index is 11.5. The summed E-state index contributed by atoms with van der Waals surface area (Å²) in [4.78, 5) is 27.6. The Kier molecular flexibility index (Phi) is 7.27. The van der Waals surface area contributed by atoms with Gasteiger partial charge in [-0.15, -0.1) is 11.3 Å². The first-order valence-electron chi connectivity index (χ1n) is 10.8. The number of amides is 1. The molecule has 1 N–H and O–H groups in total. The van der Waals surface area contributed by atoms with Crippen LogP contribution >= 0.6 is 11.3 Å². The van der Waals surface area contributed by atoms with Crippen molar-refractivity contribution in [1.29, 1.82) is 0 Å².